The molecule has 0 aromatic heterocycles. The number of nitrogens with one attached hydrogen (secondary N) is 1. The molecule has 0 radical (unpaired) electrons. The van der Waals surface area contributed by atoms with Crippen LogP contribution in [0.3, 0.4) is 0 Å². The Kier molecular flexibility index (Phi) is 3.05. The summed E-state index contributed by atoms with van der Waals surface area (Å²) in [5, 5.41) is 11.3. The van der Waals surface area contributed by atoms with E-state index in [1.54, 1.807) is 12.1 Å². The summed E-state index contributed by atoms with van der Waals surface area (Å²) in [7, 11) is 2.15. The van der Waals surface area contributed by atoms with Gasteiger partial charge in [-0.25, -0.2) is 0 Å². The monoisotopic (exact) mass is 295 g/mol. The van der Waals surface area contributed by atoms with Crippen LogP contribution in [0.25, 0.3) is 6.08 Å². The molecule has 2 aromatic rings. The smallest absolute Gasteiger partial charge is 0.231 e. The zero-order valence-electron chi connectivity index (χ0n) is 12.3. The van der Waals surface area contributed by atoms with E-state index in [1.807, 2.05) is 18.2 Å². The van der Waals surface area contributed by atoms with Crippen molar-refractivity contribution in [1.82, 2.24) is 0 Å². The Morgan fingerprint density at radius 3 is 2.64 bits per heavy atom. The second-order valence-corrected chi connectivity index (χ2v) is 5.81. The number of ether oxygens (including phenoxy) is 2. The average molecular weight is 295 g/mol. The van der Waals surface area contributed by atoms with Gasteiger partial charge in [-0.3, -0.25) is 0 Å². The summed E-state index contributed by atoms with van der Waals surface area (Å²) in [6.07, 6.45) is 5.17. The van der Waals surface area contributed by atoms with Crippen LogP contribution >= 0.6 is 0 Å². The third-order valence-corrected chi connectivity index (χ3v) is 4.39. The first-order valence-corrected chi connectivity index (χ1v) is 7.42. The van der Waals surface area contributed by atoms with Gasteiger partial charge in [0.2, 0.25) is 6.79 Å². The van der Waals surface area contributed by atoms with Gasteiger partial charge in [0.05, 0.1) is 13.2 Å². The third-order valence-electron chi connectivity index (χ3n) is 4.39. The van der Waals surface area contributed by atoms with Gasteiger partial charge in [0.25, 0.3) is 0 Å². The maximum absolute atomic E-state index is 11.3. The zero-order valence-corrected chi connectivity index (χ0v) is 12.3. The van der Waals surface area contributed by atoms with Crippen molar-refractivity contribution in [2.24, 2.45) is 0 Å². The highest BCUT2D eigenvalue weighted by Crippen LogP contribution is 2.38. The molecule has 0 amide bonds. The van der Waals surface area contributed by atoms with E-state index in [1.165, 1.54) is 21.6 Å². The van der Waals surface area contributed by atoms with E-state index in [4.69, 9.17) is 9.47 Å². The summed E-state index contributed by atoms with van der Waals surface area (Å²) in [4.78, 5) is 1.32. The summed E-state index contributed by atoms with van der Waals surface area (Å²) in [6, 6.07) is 11.5. The highest BCUT2D eigenvalue weighted by atomic mass is 16.7. The summed E-state index contributed by atoms with van der Waals surface area (Å²) in [6.45, 7) is 0.292. The molecule has 2 unspecified atom stereocenters. The van der Waals surface area contributed by atoms with Crippen molar-refractivity contribution in [3.05, 3.63) is 59.3 Å². The van der Waals surface area contributed by atoms with Crippen molar-refractivity contribution in [2.45, 2.75) is 12.5 Å². The molecule has 0 aliphatic carbocycles. The number of hydrogen-bond acceptors (Lipinski definition) is 3. The van der Waals surface area contributed by atoms with Gasteiger partial charge in [-0.15, -0.1) is 5.75 Å². The lowest BCUT2D eigenvalue weighted by Gasteiger charge is -2.27. The Labute approximate surface area is 129 Å². The molecule has 0 saturated carbocycles. The van der Waals surface area contributed by atoms with Crippen LogP contribution in [0, 0.1) is 0 Å². The summed E-state index contributed by atoms with van der Waals surface area (Å²) in [5.41, 5.74) is 3.61. The lowest BCUT2D eigenvalue weighted by Crippen LogP contribution is -3.05. The highest BCUT2D eigenvalue weighted by molar-refractivity contribution is 5.62. The van der Waals surface area contributed by atoms with Crippen molar-refractivity contribution in [3.8, 4) is 17.2 Å². The van der Waals surface area contributed by atoms with Gasteiger partial charge < -0.3 is 19.5 Å². The SMILES string of the molecule is C[NH+]1C=Cc2cc3c(cc2C1Cc1ccc([O-])cc1)OCO3. The summed E-state index contributed by atoms with van der Waals surface area (Å²) < 4.78 is 11.0. The predicted octanol–water partition coefficient (Wildman–Crippen LogP) is 1.27. The van der Waals surface area contributed by atoms with Gasteiger partial charge in [0.1, 0.15) is 6.04 Å². The number of rotatable bonds is 2. The van der Waals surface area contributed by atoms with Crippen LogP contribution in [0.1, 0.15) is 22.7 Å². The van der Waals surface area contributed by atoms with Crippen molar-refractivity contribution < 1.29 is 19.5 Å². The molecule has 2 aliphatic heterocycles. The summed E-state index contributed by atoms with van der Waals surface area (Å²) >= 11 is 0. The van der Waals surface area contributed by atoms with Gasteiger partial charge in [0.15, 0.2) is 11.5 Å². The van der Waals surface area contributed by atoms with Crippen LogP contribution in [0.15, 0.2) is 42.6 Å². The highest BCUT2D eigenvalue weighted by Gasteiger charge is 2.28. The largest absolute Gasteiger partial charge is 0.872 e. The molecule has 4 nitrogen and oxygen atoms in total. The molecule has 0 fully saturated rings. The first-order chi connectivity index (χ1) is 10.7. The number of hydrogen-bond donors (Lipinski definition) is 1. The molecule has 2 aliphatic rings. The van der Waals surface area contributed by atoms with Crippen LogP contribution in [0.4, 0.5) is 0 Å². The Balaban J connectivity index is 1.71. The molecule has 2 heterocycles. The molecular formula is C18H17NO3. The van der Waals surface area contributed by atoms with Crippen molar-refractivity contribution >= 4 is 6.08 Å². The first-order valence-electron chi connectivity index (χ1n) is 7.42. The normalized spacial score (nSPS) is 21.7. The minimum atomic E-state index is 0.0526. The van der Waals surface area contributed by atoms with Gasteiger partial charge in [-0.05, 0) is 29.3 Å². The predicted molar refractivity (Wildman–Crippen MR) is 80.8 cm³/mol. The Morgan fingerprint density at radius 2 is 1.86 bits per heavy atom. The fraction of sp³-hybridized carbons (Fsp3) is 0.222. The van der Waals surface area contributed by atoms with Gasteiger partial charge >= 0.3 is 0 Å². The fourth-order valence-corrected chi connectivity index (χ4v) is 3.13. The van der Waals surface area contributed by atoms with Crippen LogP contribution in [0.2, 0.25) is 0 Å². The maximum atomic E-state index is 11.3. The molecule has 0 bridgehead atoms. The number of likely N-dealkylation sites (N-methyl/N-ethyl adjacent to an activating group) is 1. The minimum Gasteiger partial charge on any atom is -0.872 e. The van der Waals surface area contributed by atoms with E-state index in [0.29, 0.717) is 12.8 Å². The van der Waals surface area contributed by atoms with E-state index < -0.39 is 0 Å². The van der Waals surface area contributed by atoms with Crippen LogP contribution in [-0.2, 0) is 6.42 Å². The molecule has 2 aromatic carbocycles. The van der Waals surface area contributed by atoms with E-state index >= 15 is 0 Å². The van der Waals surface area contributed by atoms with E-state index in [0.717, 1.165) is 17.9 Å². The van der Waals surface area contributed by atoms with E-state index in [-0.39, 0.29) is 5.75 Å². The number of fused-ring (bicyclic) bond motifs is 2. The minimum absolute atomic E-state index is 0.0526. The molecule has 112 valence electrons. The Bertz CT molecular complexity index is 737. The maximum Gasteiger partial charge on any atom is 0.231 e. The van der Waals surface area contributed by atoms with Gasteiger partial charge in [-0.1, -0.05) is 24.3 Å². The number of quaternary nitrogens is 1. The first kappa shape index (κ1) is 13.2. The van der Waals surface area contributed by atoms with Crippen LogP contribution in [0.5, 0.6) is 17.2 Å². The van der Waals surface area contributed by atoms with Gasteiger partial charge in [-0.2, -0.15) is 0 Å². The van der Waals surface area contributed by atoms with E-state index in [9.17, 15) is 5.11 Å². The molecule has 0 spiro atoms. The van der Waals surface area contributed by atoms with E-state index in [2.05, 4.69) is 25.4 Å². The number of benzene rings is 2. The van der Waals surface area contributed by atoms with Crippen LogP contribution in [-0.4, -0.2) is 13.8 Å². The van der Waals surface area contributed by atoms with Crippen LogP contribution < -0.4 is 19.5 Å². The molecule has 0 saturated heterocycles. The average Bonchev–Trinajstić information content (AvgIpc) is 2.97. The lowest BCUT2D eigenvalue weighted by molar-refractivity contribution is -0.860. The molecule has 1 N–H and O–H groups in total. The second kappa shape index (κ2) is 5.07. The standard InChI is InChI=1S/C18H17NO3/c1-19-7-6-13-9-17-18(22-11-21-17)10-15(13)16(19)8-12-2-4-14(20)5-3-12/h2-7,9-10,16,20H,8,11H2,1H3. The quantitative estimate of drug-likeness (QED) is 0.907. The van der Waals surface area contributed by atoms with Gasteiger partial charge in [0, 0.05) is 12.0 Å². The zero-order chi connectivity index (χ0) is 15.1. The molecule has 22 heavy (non-hydrogen) atoms. The molecule has 2 atom stereocenters. The summed E-state index contributed by atoms with van der Waals surface area (Å²) in [5.74, 6) is 1.69. The van der Waals surface area contributed by atoms with Crippen molar-refractivity contribution in [2.75, 3.05) is 13.8 Å². The Morgan fingerprint density at radius 1 is 1.14 bits per heavy atom. The Hall–Kier alpha value is -2.46. The second-order valence-electron chi connectivity index (χ2n) is 5.81. The molecule has 4 rings (SSSR count). The third kappa shape index (κ3) is 2.22. The fourth-order valence-electron chi connectivity index (χ4n) is 3.13. The van der Waals surface area contributed by atoms with Crippen molar-refractivity contribution in [1.29, 1.82) is 0 Å². The topological polar surface area (TPSA) is 46.0 Å². The molecular weight excluding hydrogens is 278 g/mol. The van der Waals surface area contributed by atoms with Crippen molar-refractivity contribution in [3.63, 3.8) is 0 Å². The molecule has 4 heteroatoms. The lowest BCUT2D eigenvalue weighted by atomic mass is 9.91.